The number of hydrogen-bond acceptors (Lipinski definition) is 0. The highest BCUT2D eigenvalue weighted by Gasteiger charge is 2.15. The van der Waals surface area contributed by atoms with Gasteiger partial charge in [0.2, 0.25) is 0 Å². The molecule has 3 radical (unpaired) electrons. The van der Waals surface area contributed by atoms with Crippen LogP contribution in [0.2, 0.25) is 0 Å². The summed E-state index contributed by atoms with van der Waals surface area (Å²) in [5.74, 6) is 0. The van der Waals surface area contributed by atoms with Gasteiger partial charge in [0.25, 0.3) is 0 Å². The molecule has 71 valence electrons. The minimum absolute atomic E-state index is 0. The van der Waals surface area contributed by atoms with Crippen molar-refractivity contribution >= 4 is 8.41 Å². The summed E-state index contributed by atoms with van der Waals surface area (Å²) in [7, 11) is 2.37. The van der Waals surface area contributed by atoms with Crippen molar-refractivity contribution in [3.05, 3.63) is 0 Å². The highest BCUT2D eigenvalue weighted by molar-refractivity contribution is 5.75. The second-order valence-corrected chi connectivity index (χ2v) is 3.74. The van der Waals surface area contributed by atoms with Gasteiger partial charge in [-0.15, -0.1) is 0 Å². The molecule has 0 aliphatic heterocycles. The molecule has 0 aliphatic carbocycles. The van der Waals surface area contributed by atoms with Crippen LogP contribution in [0, 0.1) is 0 Å². The van der Waals surface area contributed by atoms with Crippen LogP contribution in [0.3, 0.4) is 0 Å². The lowest BCUT2D eigenvalue weighted by molar-refractivity contribution is -0.908. The van der Waals surface area contributed by atoms with Gasteiger partial charge >= 0.3 is 0 Å². The van der Waals surface area contributed by atoms with Gasteiger partial charge < -0.3 is 4.48 Å². The van der Waals surface area contributed by atoms with Gasteiger partial charge in [-0.2, -0.15) is 0 Å². The number of nitrogens with zero attached hydrogens (tertiary/aromatic N) is 1. The van der Waals surface area contributed by atoms with Gasteiger partial charge in [0.15, 0.2) is 0 Å². The Kier molecular flexibility index (Phi) is 9.29. The SMILES string of the molecule is CCCC[N+](C)(CC)CCC.[B]. The molecule has 1 unspecified atom stereocenters. The lowest BCUT2D eigenvalue weighted by Crippen LogP contribution is -2.45. The Labute approximate surface area is 80.3 Å². The quantitative estimate of drug-likeness (QED) is 0.422. The van der Waals surface area contributed by atoms with Crippen molar-refractivity contribution in [3.8, 4) is 0 Å². The van der Waals surface area contributed by atoms with Gasteiger partial charge in [-0.25, -0.2) is 0 Å². The number of rotatable bonds is 6. The summed E-state index contributed by atoms with van der Waals surface area (Å²) in [5.41, 5.74) is 0. The van der Waals surface area contributed by atoms with E-state index < -0.39 is 0 Å². The first-order valence-electron chi connectivity index (χ1n) is 5.02. The van der Waals surface area contributed by atoms with E-state index in [0.717, 1.165) is 0 Å². The second-order valence-electron chi connectivity index (χ2n) is 3.74. The minimum atomic E-state index is 0. The van der Waals surface area contributed by atoms with E-state index in [4.69, 9.17) is 0 Å². The summed E-state index contributed by atoms with van der Waals surface area (Å²) in [4.78, 5) is 0. The average molecular weight is 169 g/mol. The third-order valence-corrected chi connectivity index (χ3v) is 2.58. The van der Waals surface area contributed by atoms with E-state index in [-0.39, 0.29) is 8.41 Å². The van der Waals surface area contributed by atoms with Crippen LogP contribution in [0.15, 0.2) is 0 Å². The molecule has 1 nitrogen and oxygen atoms in total. The number of unbranched alkanes of at least 4 members (excludes halogenated alkanes) is 1. The number of hydrogen-bond donors (Lipinski definition) is 0. The zero-order chi connectivity index (χ0) is 8.74. The first kappa shape index (κ1) is 14.5. The Hall–Kier alpha value is 0.0249. The summed E-state index contributed by atoms with van der Waals surface area (Å²) in [6, 6.07) is 0. The Bertz CT molecular complexity index is 95.8. The lowest BCUT2D eigenvalue weighted by Gasteiger charge is -2.33. The summed E-state index contributed by atoms with van der Waals surface area (Å²) >= 11 is 0. The maximum Gasteiger partial charge on any atom is 0.0784 e. The normalized spacial score (nSPS) is 15.0. The molecule has 0 saturated carbocycles. The van der Waals surface area contributed by atoms with E-state index in [2.05, 4.69) is 27.8 Å². The van der Waals surface area contributed by atoms with Crippen molar-refractivity contribution in [2.45, 2.75) is 40.0 Å². The van der Waals surface area contributed by atoms with Crippen molar-refractivity contribution in [3.63, 3.8) is 0 Å². The summed E-state index contributed by atoms with van der Waals surface area (Å²) in [5, 5.41) is 0. The molecule has 12 heavy (non-hydrogen) atoms. The Morgan fingerprint density at radius 1 is 0.917 bits per heavy atom. The van der Waals surface area contributed by atoms with Crippen LogP contribution >= 0.6 is 0 Å². The monoisotopic (exact) mass is 169 g/mol. The summed E-state index contributed by atoms with van der Waals surface area (Å²) in [6.07, 6.45) is 4.02. The fourth-order valence-electron chi connectivity index (χ4n) is 1.51. The zero-order valence-electron chi connectivity index (χ0n) is 9.27. The van der Waals surface area contributed by atoms with Crippen LogP contribution in [0.5, 0.6) is 0 Å². The first-order chi connectivity index (χ1) is 5.18. The van der Waals surface area contributed by atoms with Crippen molar-refractivity contribution < 1.29 is 4.48 Å². The molecule has 0 spiro atoms. The van der Waals surface area contributed by atoms with Crippen LogP contribution in [0.1, 0.15) is 40.0 Å². The van der Waals surface area contributed by atoms with Crippen molar-refractivity contribution in [2.75, 3.05) is 26.7 Å². The average Bonchev–Trinajstić information content (AvgIpc) is 2.02. The molecule has 0 N–H and O–H groups in total. The lowest BCUT2D eigenvalue weighted by atomic mass is 10.2. The Morgan fingerprint density at radius 3 is 1.83 bits per heavy atom. The topological polar surface area (TPSA) is 0 Å². The van der Waals surface area contributed by atoms with Crippen LogP contribution in [-0.2, 0) is 0 Å². The Balaban J connectivity index is 0. The van der Waals surface area contributed by atoms with Gasteiger partial charge in [-0.05, 0) is 19.8 Å². The zero-order valence-corrected chi connectivity index (χ0v) is 9.27. The highest BCUT2D eigenvalue weighted by atomic mass is 15.3. The van der Waals surface area contributed by atoms with Crippen molar-refractivity contribution in [1.82, 2.24) is 0 Å². The van der Waals surface area contributed by atoms with E-state index in [1.807, 2.05) is 0 Å². The maximum absolute atomic E-state index is 2.37. The molecule has 0 aliphatic rings. The fourth-order valence-corrected chi connectivity index (χ4v) is 1.51. The van der Waals surface area contributed by atoms with E-state index in [1.54, 1.807) is 0 Å². The smallest absolute Gasteiger partial charge is 0.0784 e. The molecule has 0 rings (SSSR count). The van der Waals surface area contributed by atoms with E-state index in [9.17, 15) is 0 Å². The van der Waals surface area contributed by atoms with Crippen LogP contribution in [0.25, 0.3) is 0 Å². The van der Waals surface area contributed by atoms with Crippen LogP contribution in [0.4, 0.5) is 0 Å². The molecule has 0 aromatic carbocycles. The summed E-state index contributed by atoms with van der Waals surface area (Å²) < 4.78 is 1.27. The van der Waals surface area contributed by atoms with Gasteiger partial charge in [0.05, 0.1) is 26.7 Å². The predicted octanol–water partition coefficient (Wildman–Crippen LogP) is 2.28. The minimum Gasteiger partial charge on any atom is -0.326 e. The fraction of sp³-hybridized carbons (Fsp3) is 1.00. The third kappa shape index (κ3) is 5.65. The predicted molar refractivity (Wildman–Crippen MR) is 57.4 cm³/mol. The van der Waals surface area contributed by atoms with Gasteiger partial charge in [0.1, 0.15) is 0 Å². The number of quaternary nitrogens is 1. The van der Waals surface area contributed by atoms with Gasteiger partial charge in [0, 0.05) is 8.41 Å². The standard InChI is InChI=1S/C10H24N.B/c1-5-8-10-11(4,7-3)9-6-2;/h5-10H2,1-4H3;/q+1;. The molecule has 0 aromatic heterocycles. The molecular weight excluding hydrogens is 145 g/mol. The third-order valence-electron chi connectivity index (χ3n) is 2.58. The molecule has 0 fully saturated rings. The van der Waals surface area contributed by atoms with E-state index >= 15 is 0 Å². The van der Waals surface area contributed by atoms with E-state index in [0.29, 0.717) is 0 Å². The van der Waals surface area contributed by atoms with Gasteiger partial charge in [-0.3, -0.25) is 0 Å². The molecule has 0 aromatic rings. The van der Waals surface area contributed by atoms with Crippen LogP contribution < -0.4 is 0 Å². The van der Waals surface area contributed by atoms with Crippen LogP contribution in [-0.4, -0.2) is 39.6 Å². The highest BCUT2D eigenvalue weighted by Crippen LogP contribution is 2.06. The summed E-state index contributed by atoms with van der Waals surface area (Å²) in [6.45, 7) is 10.8. The molecule has 0 heterocycles. The van der Waals surface area contributed by atoms with Crippen molar-refractivity contribution in [1.29, 1.82) is 0 Å². The molecule has 0 amide bonds. The van der Waals surface area contributed by atoms with E-state index in [1.165, 1.54) is 43.4 Å². The largest absolute Gasteiger partial charge is 0.326 e. The van der Waals surface area contributed by atoms with Gasteiger partial charge in [-0.1, -0.05) is 20.3 Å². The molecule has 2 heteroatoms. The second kappa shape index (κ2) is 7.66. The molecule has 0 saturated heterocycles. The molecule has 1 atom stereocenters. The molecular formula is C10H24BN+. The first-order valence-corrected chi connectivity index (χ1v) is 5.02. The molecule has 0 bridgehead atoms. The van der Waals surface area contributed by atoms with Crippen molar-refractivity contribution in [2.24, 2.45) is 0 Å². The Morgan fingerprint density at radius 2 is 1.50 bits per heavy atom. The maximum atomic E-state index is 2.37.